The van der Waals surface area contributed by atoms with Crippen molar-refractivity contribution in [3.05, 3.63) is 29.8 Å². The van der Waals surface area contributed by atoms with Crippen LogP contribution >= 0.6 is 11.6 Å². The molecule has 1 fully saturated rings. The van der Waals surface area contributed by atoms with Gasteiger partial charge in [-0.15, -0.1) is 11.6 Å². The number of nitrogens with one attached hydrogen (secondary N) is 1. The third-order valence-corrected chi connectivity index (χ3v) is 3.89. The first-order valence-electron chi connectivity index (χ1n) is 6.37. The van der Waals surface area contributed by atoms with Crippen molar-refractivity contribution in [2.45, 2.75) is 43.5 Å². The largest absolute Gasteiger partial charge is 0.508 e. The summed E-state index contributed by atoms with van der Waals surface area (Å²) in [4.78, 5) is 11.9. The number of carbonyl (C=O) groups is 1. The van der Waals surface area contributed by atoms with Crippen LogP contribution in [0.1, 0.15) is 31.2 Å². The highest BCUT2D eigenvalue weighted by atomic mass is 35.5. The Morgan fingerprint density at radius 2 is 2.06 bits per heavy atom. The van der Waals surface area contributed by atoms with Gasteiger partial charge in [0.2, 0.25) is 5.91 Å². The molecule has 0 radical (unpaired) electrons. The van der Waals surface area contributed by atoms with Gasteiger partial charge < -0.3 is 10.4 Å². The number of aromatic hydroxyl groups is 1. The zero-order valence-corrected chi connectivity index (χ0v) is 11.0. The van der Waals surface area contributed by atoms with Gasteiger partial charge in [-0.2, -0.15) is 0 Å². The molecular formula is C14H18ClNO2. The minimum atomic E-state index is -0.0750. The Morgan fingerprint density at radius 1 is 1.33 bits per heavy atom. The van der Waals surface area contributed by atoms with Gasteiger partial charge in [0.05, 0.1) is 11.8 Å². The second-order valence-corrected chi connectivity index (χ2v) is 5.34. The van der Waals surface area contributed by atoms with Gasteiger partial charge >= 0.3 is 0 Å². The molecule has 1 aliphatic carbocycles. The van der Waals surface area contributed by atoms with Crippen LogP contribution in [-0.4, -0.2) is 22.4 Å². The number of alkyl halides is 1. The van der Waals surface area contributed by atoms with E-state index in [1.807, 2.05) is 6.07 Å². The standard InChI is InChI=1S/C14H18ClNO2/c15-11-6-2-3-7-12(11)16-14(18)9-10-5-1-4-8-13(10)17/h1,4-5,8,11-12,17H,2-3,6-7,9H2,(H,16,18). The molecule has 2 unspecified atom stereocenters. The smallest absolute Gasteiger partial charge is 0.224 e. The van der Waals surface area contributed by atoms with E-state index in [-0.39, 0.29) is 29.5 Å². The van der Waals surface area contributed by atoms with Gasteiger partial charge in [-0.3, -0.25) is 4.79 Å². The summed E-state index contributed by atoms with van der Waals surface area (Å²) >= 11 is 6.20. The maximum absolute atomic E-state index is 11.9. The zero-order valence-electron chi connectivity index (χ0n) is 10.2. The molecule has 98 valence electrons. The van der Waals surface area contributed by atoms with E-state index in [0.717, 1.165) is 25.7 Å². The Bertz CT molecular complexity index is 422. The average molecular weight is 268 g/mol. The van der Waals surface area contributed by atoms with Gasteiger partial charge in [0.25, 0.3) is 0 Å². The third kappa shape index (κ3) is 3.39. The van der Waals surface area contributed by atoms with Crippen LogP contribution in [0.4, 0.5) is 0 Å². The molecule has 0 heterocycles. The summed E-state index contributed by atoms with van der Waals surface area (Å²) in [6, 6.07) is 6.97. The molecule has 1 saturated carbocycles. The second-order valence-electron chi connectivity index (χ2n) is 4.78. The third-order valence-electron chi connectivity index (χ3n) is 3.37. The highest BCUT2D eigenvalue weighted by molar-refractivity contribution is 6.21. The number of amides is 1. The van der Waals surface area contributed by atoms with Crippen molar-refractivity contribution in [1.29, 1.82) is 0 Å². The summed E-state index contributed by atoms with van der Waals surface area (Å²) in [6.07, 6.45) is 4.36. The lowest BCUT2D eigenvalue weighted by Gasteiger charge is -2.27. The lowest BCUT2D eigenvalue weighted by Crippen LogP contribution is -2.43. The Balaban J connectivity index is 1.90. The fraction of sp³-hybridized carbons (Fsp3) is 0.500. The highest BCUT2D eigenvalue weighted by Gasteiger charge is 2.24. The molecule has 1 amide bonds. The number of rotatable bonds is 3. The highest BCUT2D eigenvalue weighted by Crippen LogP contribution is 2.23. The molecule has 3 nitrogen and oxygen atoms in total. The molecule has 0 bridgehead atoms. The monoisotopic (exact) mass is 267 g/mol. The Kier molecular flexibility index (Phi) is 4.48. The second kappa shape index (κ2) is 6.10. The number of hydrogen-bond donors (Lipinski definition) is 2. The topological polar surface area (TPSA) is 49.3 Å². The van der Waals surface area contributed by atoms with E-state index in [9.17, 15) is 9.90 Å². The van der Waals surface area contributed by atoms with E-state index >= 15 is 0 Å². The van der Waals surface area contributed by atoms with Crippen molar-refractivity contribution in [3.63, 3.8) is 0 Å². The van der Waals surface area contributed by atoms with Crippen LogP contribution in [0, 0.1) is 0 Å². The van der Waals surface area contributed by atoms with Crippen LogP contribution in [0.3, 0.4) is 0 Å². The van der Waals surface area contributed by atoms with Crippen molar-refractivity contribution in [3.8, 4) is 5.75 Å². The maximum atomic E-state index is 11.9. The van der Waals surface area contributed by atoms with E-state index in [2.05, 4.69) is 5.32 Å². The lowest BCUT2D eigenvalue weighted by atomic mass is 9.94. The number of benzene rings is 1. The van der Waals surface area contributed by atoms with E-state index in [0.29, 0.717) is 5.56 Å². The maximum Gasteiger partial charge on any atom is 0.224 e. The number of halogens is 1. The van der Waals surface area contributed by atoms with Crippen LogP contribution in [0.15, 0.2) is 24.3 Å². The number of hydrogen-bond acceptors (Lipinski definition) is 2. The Morgan fingerprint density at radius 3 is 2.78 bits per heavy atom. The predicted molar refractivity (Wildman–Crippen MR) is 71.9 cm³/mol. The summed E-state index contributed by atoms with van der Waals surface area (Å²) in [5, 5.41) is 12.6. The predicted octanol–water partition coefficient (Wildman–Crippen LogP) is 2.60. The Hall–Kier alpha value is -1.22. The summed E-state index contributed by atoms with van der Waals surface area (Å²) in [5.41, 5.74) is 0.650. The van der Waals surface area contributed by atoms with Crippen molar-refractivity contribution in [2.24, 2.45) is 0 Å². The van der Waals surface area contributed by atoms with Crippen molar-refractivity contribution in [2.75, 3.05) is 0 Å². The minimum Gasteiger partial charge on any atom is -0.508 e. The van der Waals surface area contributed by atoms with Gasteiger partial charge in [0.1, 0.15) is 5.75 Å². The normalized spacial score (nSPS) is 23.6. The average Bonchev–Trinajstić information content (AvgIpc) is 2.35. The molecule has 1 aromatic carbocycles. The molecule has 0 spiro atoms. The van der Waals surface area contributed by atoms with E-state index in [1.54, 1.807) is 18.2 Å². The first-order valence-corrected chi connectivity index (χ1v) is 6.81. The summed E-state index contributed by atoms with van der Waals surface area (Å²) < 4.78 is 0. The minimum absolute atomic E-state index is 0.0343. The number of phenolic OH excluding ortho intramolecular Hbond substituents is 1. The van der Waals surface area contributed by atoms with Crippen molar-refractivity contribution in [1.82, 2.24) is 5.32 Å². The van der Waals surface area contributed by atoms with Gasteiger partial charge in [0, 0.05) is 11.6 Å². The SMILES string of the molecule is O=C(Cc1ccccc1O)NC1CCCCC1Cl. The first-order chi connectivity index (χ1) is 8.66. The summed E-state index contributed by atoms with van der Waals surface area (Å²) in [5.74, 6) is 0.0905. The van der Waals surface area contributed by atoms with Gasteiger partial charge in [-0.25, -0.2) is 0 Å². The van der Waals surface area contributed by atoms with Crippen molar-refractivity contribution < 1.29 is 9.90 Å². The van der Waals surface area contributed by atoms with Crippen LogP contribution in [0.5, 0.6) is 5.75 Å². The van der Waals surface area contributed by atoms with E-state index < -0.39 is 0 Å². The van der Waals surface area contributed by atoms with Crippen LogP contribution in [0.2, 0.25) is 0 Å². The molecular weight excluding hydrogens is 250 g/mol. The van der Waals surface area contributed by atoms with Crippen LogP contribution in [-0.2, 0) is 11.2 Å². The first kappa shape index (κ1) is 13.2. The molecule has 18 heavy (non-hydrogen) atoms. The zero-order chi connectivity index (χ0) is 13.0. The van der Waals surface area contributed by atoms with Gasteiger partial charge in [-0.05, 0) is 18.9 Å². The molecule has 2 atom stereocenters. The fourth-order valence-electron chi connectivity index (χ4n) is 2.34. The fourth-order valence-corrected chi connectivity index (χ4v) is 2.68. The summed E-state index contributed by atoms with van der Waals surface area (Å²) in [6.45, 7) is 0. The van der Waals surface area contributed by atoms with Crippen LogP contribution in [0.25, 0.3) is 0 Å². The molecule has 1 aliphatic rings. The molecule has 2 rings (SSSR count). The number of phenols is 1. The van der Waals surface area contributed by atoms with Gasteiger partial charge in [-0.1, -0.05) is 31.0 Å². The molecule has 2 N–H and O–H groups in total. The van der Waals surface area contributed by atoms with E-state index in [1.165, 1.54) is 0 Å². The molecule has 1 aromatic rings. The number of carbonyl (C=O) groups excluding carboxylic acids is 1. The molecule has 0 aliphatic heterocycles. The molecule has 4 heteroatoms. The van der Waals surface area contributed by atoms with E-state index in [4.69, 9.17) is 11.6 Å². The quantitative estimate of drug-likeness (QED) is 0.827. The van der Waals surface area contributed by atoms with Crippen LogP contribution < -0.4 is 5.32 Å². The Labute approximate surface area is 112 Å². The lowest BCUT2D eigenvalue weighted by molar-refractivity contribution is -0.121. The van der Waals surface area contributed by atoms with Crippen molar-refractivity contribution >= 4 is 17.5 Å². The molecule has 0 saturated heterocycles. The molecule has 0 aromatic heterocycles. The summed E-state index contributed by atoms with van der Waals surface area (Å²) in [7, 11) is 0. The van der Waals surface area contributed by atoms with Gasteiger partial charge in [0.15, 0.2) is 0 Å². The number of para-hydroxylation sites is 1.